The zero-order valence-corrected chi connectivity index (χ0v) is 16.5. The molecule has 2 rings (SSSR count). The van der Waals surface area contributed by atoms with Crippen molar-refractivity contribution in [2.45, 2.75) is 52.3 Å². The van der Waals surface area contributed by atoms with Crippen LogP contribution in [0, 0.1) is 11.2 Å². The monoisotopic (exact) mass is 379 g/mol. The minimum Gasteiger partial charge on any atom is -0.378 e. The average molecular weight is 379 g/mol. The van der Waals surface area contributed by atoms with Crippen molar-refractivity contribution >= 4 is 11.8 Å². The van der Waals surface area contributed by atoms with E-state index in [-0.39, 0.29) is 36.8 Å². The Morgan fingerprint density at radius 2 is 1.93 bits per heavy atom. The first-order valence-corrected chi connectivity index (χ1v) is 9.36. The Labute approximate surface area is 160 Å². The molecule has 1 fully saturated rings. The van der Waals surface area contributed by atoms with Crippen LogP contribution >= 0.6 is 0 Å². The molecule has 0 spiro atoms. The maximum atomic E-state index is 13.0. The second-order valence-electron chi connectivity index (χ2n) is 7.56. The summed E-state index contributed by atoms with van der Waals surface area (Å²) in [6, 6.07) is 5.90. The first kappa shape index (κ1) is 21.3. The van der Waals surface area contributed by atoms with Gasteiger partial charge in [0.1, 0.15) is 11.4 Å². The largest absolute Gasteiger partial charge is 0.378 e. The van der Waals surface area contributed by atoms with Crippen molar-refractivity contribution in [3.63, 3.8) is 0 Å². The zero-order valence-electron chi connectivity index (χ0n) is 16.5. The molecule has 2 unspecified atom stereocenters. The van der Waals surface area contributed by atoms with Crippen molar-refractivity contribution in [1.29, 1.82) is 0 Å². The van der Waals surface area contributed by atoms with Gasteiger partial charge >= 0.3 is 0 Å². The molecule has 0 radical (unpaired) electrons. The second kappa shape index (κ2) is 8.35. The summed E-state index contributed by atoms with van der Waals surface area (Å²) in [6.07, 6.45) is 0.378. The molecule has 2 atom stereocenters. The highest BCUT2D eigenvalue weighted by Crippen LogP contribution is 2.50. The molecular formula is C20H30FN3O3. The molecular weight excluding hydrogens is 349 g/mol. The molecule has 1 saturated carbocycles. The van der Waals surface area contributed by atoms with Crippen LogP contribution in [-0.4, -0.2) is 48.1 Å². The van der Waals surface area contributed by atoms with Crippen molar-refractivity contribution in [3.05, 3.63) is 35.6 Å². The van der Waals surface area contributed by atoms with E-state index in [1.807, 2.05) is 27.7 Å². The quantitative estimate of drug-likeness (QED) is 0.722. The van der Waals surface area contributed by atoms with Crippen molar-refractivity contribution in [2.75, 3.05) is 19.7 Å². The van der Waals surface area contributed by atoms with Crippen LogP contribution < -0.4 is 11.1 Å². The van der Waals surface area contributed by atoms with Gasteiger partial charge in [-0.15, -0.1) is 0 Å². The fourth-order valence-electron chi connectivity index (χ4n) is 3.44. The highest BCUT2D eigenvalue weighted by molar-refractivity contribution is 5.92. The summed E-state index contributed by atoms with van der Waals surface area (Å²) in [5.41, 5.74) is 5.68. The van der Waals surface area contributed by atoms with Crippen LogP contribution in [0.15, 0.2) is 24.3 Å². The Kier molecular flexibility index (Phi) is 6.59. The van der Waals surface area contributed by atoms with Gasteiger partial charge in [-0.1, -0.05) is 26.0 Å². The summed E-state index contributed by atoms with van der Waals surface area (Å²) in [5.74, 6) is -0.839. The minimum absolute atomic E-state index is 0.0646. The molecule has 1 aliphatic rings. The van der Waals surface area contributed by atoms with Crippen LogP contribution in [0.4, 0.5) is 4.39 Å². The summed E-state index contributed by atoms with van der Waals surface area (Å²) in [6.45, 7) is 8.76. The van der Waals surface area contributed by atoms with Gasteiger partial charge in [0.05, 0.1) is 12.6 Å². The summed E-state index contributed by atoms with van der Waals surface area (Å²) >= 11 is 0. The summed E-state index contributed by atoms with van der Waals surface area (Å²) in [7, 11) is 0. The molecule has 2 amide bonds. The fraction of sp³-hybridized carbons (Fsp3) is 0.600. The molecule has 7 heteroatoms. The average Bonchev–Trinajstić information content (AvgIpc) is 2.64. The van der Waals surface area contributed by atoms with E-state index in [9.17, 15) is 14.0 Å². The number of hydrogen-bond acceptors (Lipinski definition) is 4. The molecule has 0 heterocycles. The lowest BCUT2D eigenvalue weighted by Crippen LogP contribution is -2.76. The topological polar surface area (TPSA) is 84.7 Å². The molecule has 1 aromatic carbocycles. The molecule has 0 aliphatic heterocycles. The predicted octanol–water partition coefficient (Wildman–Crippen LogP) is 1.82. The highest BCUT2D eigenvalue weighted by atomic mass is 19.1. The van der Waals surface area contributed by atoms with Crippen LogP contribution in [0.2, 0.25) is 0 Å². The third-order valence-corrected chi connectivity index (χ3v) is 5.62. The number of benzene rings is 1. The van der Waals surface area contributed by atoms with Gasteiger partial charge in [-0.2, -0.15) is 0 Å². The van der Waals surface area contributed by atoms with Crippen molar-refractivity contribution < 1.29 is 18.7 Å². The molecule has 27 heavy (non-hydrogen) atoms. The molecule has 1 aliphatic carbocycles. The van der Waals surface area contributed by atoms with E-state index in [1.54, 1.807) is 12.1 Å². The minimum atomic E-state index is -1.04. The molecule has 3 N–H and O–H groups in total. The first-order chi connectivity index (χ1) is 12.7. The molecule has 1 aromatic rings. The highest BCUT2D eigenvalue weighted by Gasteiger charge is 2.63. The first-order valence-electron chi connectivity index (χ1n) is 9.36. The van der Waals surface area contributed by atoms with Gasteiger partial charge in [0.25, 0.3) is 0 Å². The van der Waals surface area contributed by atoms with E-state index in [4.69, 9.17) is 10.5 Å². The summed E-state index contributed by atoms with van der Waals surface area (Å²) in [4.78, 5) is 26.8. The zero-order chi connectivity index (χ0) is 20.2. The van der Waals surface area contributed by atoms with Crippen LogP contribution in [0.3, 0.4) is 0 Å². The number of carbonyl (C=O) groups is 2. The smallest absolute Gasteiger partial charge is 0.243 e. The van der Waals surface area contributed by atoms with Gasteiger partial charge in [0.15, 0.2) is 0 Å². The number of nitrogens with zero attached hydrogens (tertiary/aromatic N) is 1. The van der Waals surface area contributed by atoms with E-state index in [1.165, 1.54) is 17.0 Å². The summed E-state index contributed by atoms with van der Waals surface area (Å²) in [5, 5.41) is 2.75. The predicted molar refractivity (Wildman–Crippen MR) is 101 cm³/mol. The summed E-state index contributed by atoms with van der Waals surface area (Å²) < 4.78 is 18.6. The van der Waals surface area contributed by atoms with Crippen LogP contribution in [-0.2, 0) is 20.9 Å². The van der Waals surface area contributed by atoms with Gasteiger partial charge in [-0.05, 0) is 31.5 Å². The van der Waals surface area contributed by atoms with Crippen LogP contribution in [0.1, 0.15) is 39.7 Å². The molecule has 0 bridgehead atoms. The normalized spacial score (nSPS) is 23.4. The standard InChI is InChI=1S/C20H30FN3O3/c1-5-24(13-17(25)23-12-14-7-9-15(21)10-8-14)18(26)20(22)11-16(27-6-2)19(20,3)4/h7-10,16H,5-6,11-13,22H2,1-4H3,(H,23,25). The second-order valence-corrected chi connectivity index (χ2v) is 7.56. The Hall–Kier alpha value is -1.99. The Morgan fingerprint density at radius 1 is 1.30 bits per heavy atom. The Morgan fingerprint density at radius 3 is 2.44 bits per heavy atom. The van der Waals surface area contributed by atoms with Crippen molar-refractivity contribution in [3.8, 4) is 0 Å². The number of carbonyl (C=O) groups excluding carboxylic acids is 2. The lowest BCUT2D eigenvalue weighted by Gasteiger charge is -2.58. The van der Waals surface area contributed by atoms with Crippen LogP contribution in [0.5, 0.6) is 0 Å². The van der Waals surface area contributed by atoms with E-state index >= 15 is 0 Å². The number of rotatable bonds is 8. The molecule has 0 aromatic heterocycles. The van der Waals surface area contributed by atoms with Gasteiger partial charge in [0, 0.05) is 31.5 Å². The number of ether oxygens (including phenoxy) is 1. The number of nitrogens with two attached hydrogens (primary N) is 1. The van der Waals surface area contributed by atoms with Gasteiger partial charge in [0.2, 0.25) is 11.8 Å². The number of halogens is 1. The lowest BCUT2D eigenvalue weighted by atomic mass is 9.54. The van der Waals surface area contributed by atoms with E-state index < -0.39 is 11.0 Å². The number of amides is 2. The number of likely N-dealkylation sites (N-methyl/N-ethyl adjacent to an activating group) is 1. The molecule has 0 saturated heterocycles. The Balaban J connectivity index is 1.94. The molecule has 6 nitrogen and oxygen atoms in total. The third kappa shape index (κ3) is 4.30. The van der Waals surface area contributed by atoms with Crippen molar-refractivity contribution in [2.24, 2.45) is 11.1 Å². The van der Waals surface area contributed by atoms with E-state index in [0.717, 1.165) is 5.56 Å². The Bertz CT molecular complexity index is 678. The van der Waals surface area contributed by atoms with E-state index in [0.29, 0.717) is 19.6 Å². The number of nitrogens with one attached hydrogen (secondary N) is 1. The van der Waals surface area contributed by atoms with Gasteiger partial charge < -0.3 is 20.7 Å². The van der Waals surface area contributed by atoms with E-state index in [2.05, 4.69) is 5.32 Å². The fourth-order valence-corrected chi connectivity index (χ4v) is 3.44. The SMILES string of the molecule is CCOC1CC(N)(C(=O)N(CC)CC(=O)NCc2ccc(F)cc2)C1(C)C. The van der Waals surface area contributed by atoms with Gasteiger partial charge in [-0.3, -0.25) is 9.59 Å². The third-order valence-electron chi connectivity index (χ3n) is 5.62. The lowest BCUT2D eigenvalue weighted by molar-refractivity contribution is -0.179. The van der Waals surface area contributed by atoms with Crippen molar-refractivity contribution in [1.82, 2.24) is 10.2 Å². The maximum Gasteiger partial charge on any atom is 0.243 e. The maximum absolute atomic E-state index is 13.0. The van der Waals surface area contributed by atoms with Crippen LogP contribution in [0.25, 0.3) is 0 Å². The molecule has 150 valence electrons. The number of hydrogen-bond donors (Lipinski definition) is 2. The van der Waals surface area contributed by atoms with Gasteiger partial charge in [-0.25, -0.2) is 4.39 Å².